The zero-order valence-electron chi connectivity index (χ0n) is 16.5. The number of aryl methyl sites for hydroxylation is 3. The van der Waals surface area contributed by atoms with E-state index in [1.165, 1.54) is 4.31 Å². The normalized spacial score (nSPS) is 16.0. The maximum atomic E-state index is 13.1. The molecule has 1 fully saturated rings. The van der Waals surface area contributed by atoms with E-state index in [0.717, 1.165) is 22.4 Å². The number of piperidine rings is 1. The van der Waals surface area contributed by atoms with Crippen LogP contribution in [0, 0.1) is 26.7 Å². The zero-order chi connectivity index (χ0) is 20.3. The molecular formula is C21H27N3O3S. The van der Waals surface area contributed by atoms with Crippen molar-refractivity contribution >= 4 is 21.6 Å². The van der Waals surface area contributed by atoms with Crippen molar-refractivity contribution in [2.24, 2.45) is 5.92 Å². The first-order valence-electron chi connectivity index (χ1n) is 9.48. The summed E-state index contributed by atoms with van der Waals surface area (Å²) < 4.78 is 27.8. The van der Waals surface area contributed by atoms with Gasteiger partial charge >= 0.3 is 0 Å². The summed E-state index contributed by atoms with van der Waals surface area (Å²) in [6.07, 6.45) is 1.01. The van der Waals surface area contributed by atoms with E-state index in [9.17, 15) is 13.2 Å². The Kier molecular flexibility index (Phi) is 6.05. The molecule has 0 radical (unpaired) electrons. The predicted molar refractivity (Wildman–Crippen MR) is 110 cm³/mol. The van der Waals surface area contributed by atoms with Crippen LogP contribution in [0.25, 0.3) is 0 Å². The van der Waals surface area contributed by atoms with Gasteiger partial charge in [0.1, 0.15) is 0 Å². The Labute approximate surface area is 167 Å². The highest BCUT2D eigenvalue weighted by atomic mass is 32.2. The average Bonchev–Trinajstić information content (AvgIpc) is 2.66. The Morgan fingerprint density at radius 3 is 2.14 bits per heavy atom. The number of benzene rings is 2. The Morgan fingerprint density at radius 2 is 1.57 bits per heavy atom. The Balaban J connectivity index is 1.62. The maximum absolute atomic E-state index is 13.1. The third kappa shape index (κ3) is 4.36. The van der Waals surface area contributed by atoms with Crippen LogP contribution in [-0.2, 0) is 14.8 Å². The first kappa shape index (κ1) is 20.4. The third-order valence-corrected chi connectivity index (χ3v) is 7.34. The Hall–Kier alpha value is -2.38. The second-order valence-corrected chi connectivity index (χ2v) is 9.26. The molecule has 1 aliphatic rings. The molecule has 0 spiro atoms. The summed E-state index contributed by atoms with van der Waals surface area (Å²) in [7, 11) is -3.56. The number of hydrazine groups is 1. The van der Waals surface area contributed by atoms with Gasteiger partial charge in [0.2, 0.25) is 15.9 Å². The first-order chi connectivity index (χ1) is 13.3. The van der Waals surface area contributed by atoms with Gasteiger partial charge in [-0.25, -0.2) is 8.42 Å². The molecule has 0 unspecified atom stereocenters. The number of nitrogens with one attached hydrogen (secondary N) is 2. The second-order valence-electron chi connectivity index (χ2n) is 7.39. The molecule has 2 aromatic rings. The third-order valence-electron chi connectivity index (χ3n) is 5.13. The summed E-state index contributed by atoms with van der Waals surface area (Å²) in [5.74, 6) is -0.313. The molecule has 0 aromatic heterocycles. The number of sulfonamides is 1. The van der Waals surface area contributed by atoms with Gasteiger partial charge in [0.05, 0.1) is 10.6 Å². The van der Waals surface area contributed by atoms with Crippen LogP contribution >= 0.6 is 0 Å². The van der Waals surface area contributed by atoms with E-state index in [0.29, 0.717) is 30.8 Å². The van der Waals surface area contributed by atoms with E-state index < -0.39 is 10.0 Å². The quantitative estimate of drug-likeness (QED) is 0.755. The molecule has 1 heterocycles. The van der Waals surface area contributed by atoms with Crippen molar-refractivity contribution in [1.82, 2.24) is 9.73 Å². The first-order valence-corrected chi connectivity index (χ1v) is 10.9. The van der Waals surface area contributed by atoms with Gasteiger partial charge in [-0.15, -0.1) is 0 Å². The van der Waals surface area contributed by atoms with Gasteiger partial charge in [-0.1, -0.05) is 35.9 Å². The van der Waals surface area contributed by atoms with Crippen molar-refractivity contribution in [3.8, 4) is 0 Å². The molecule has 28 heavy (non-hydrogen) atoms. The number of rotatable bonds is 5. The summed E-state index contributed by atoms with van der Waals surface area (Å²) in [6.45, 7) is 6.33. The number of para-hydroxylation sites is 1. The molecule has 0 atom stereocenters. The fraction of sp³-hybridized carbons (Fsp3) is 0.381. The molecule has 0 bridgehead atoms. The van der Waals surface area contributed by atoms with E-state index >= 15 is 0 Å². The van der Waals surface area contributed by atoms with Crippen LogP contribution in [0.5, 0.6) is 0 Å². The van der Waals surface area contributed by atoms with Crippen molar-refractivity contribution in [3.05, 3.63) is 59.2 Å². The van der Waals surface area contributed by atoms with Crippen LogP contribution in [0.1, 0.15) is 29.5 Å². The molecule has 0 saturated carbocycles. The van der Waals surface area contributed by atoms with E-state index in [1.807, 2.05) is 63.2 Å². The van der Waals surface area contributed by atoms with Gasteiger partial charge in [-0.3, -0.25) is 15.6 Å². The molecule has 7 heteroatoms. The topological polar surface area (TPSA) is 78.5 Å². The van der Waals surface area contributed by atoms with Gasteiger partial charge in [-0.05, 0) is 56.9 Å². The van der Waals surface area contributed by atoms with E-state index in [1.54, 1.807) is 0 Å². The lowest BCUT2D eigenvalue weighted by Gasteiger charge is -2.31. The highest BCUT2D eigenvalue weighted by Crippen LogP contribution is 2.28. The largest absolute Gasteiger partial charge is 0.299 e. The molecule has 1 aliphatic heterocycles. The molecule has 0 aliphatic carbocycles. The number of carbonyl (C=O) groups is 1. The molecule has 2 aromatic carbocycles. The summed E-state index contributed by atoms with van der Waals surface area (Å²) in [5, 5.41) is 0. The molecule has 2 N–H and O–H groups in total. The maximum Gasteiger partial charge on any atom is 0.243 e. The summed E-state index contributed by atoms with van der Waals surface area (Å²) in [4.78, 5) is 12.8. The van der Waals surface area contributed by atoms with Gasteiger partial charge in [0.15, 0.2) is 0 Å². The van der Waals surface area contributed by atoms with Crippen molar-refractivity contribution in [2.45, 2.75) is 38.5 Å². The lowest BCUT2D eigenvalue weighted by atomic mass is 9.98. The molecule has 6 nitrogen and oxygen atoms in total. The number of amides is 1. The average molecular weight is 402 g/mol. The summed E-state index contributed by atoms with van der Waals surface area (Å²) >= 11 is 0. The van der Waals surface area contributed by atoms with Crippen molar-refractivity contribution in [2.75, 3.05) is 18.5 Å². The second kappa shape index (κ2) is 8.32. The minimum absolute atomic E-state index is 0.108. The van der Waals surface area contributed by atoms with Crippen LogP contribution in [0.15, 0.2) is 47.4 Å². The molecule has 150 valence electrons. The molecule has 1 saturated heterocycles. The zero-order valence-corrected chi connectivity index (χ0v) is 17.3. The van der Waals surface area contributed by atoms with Crippen LogP contribution in [0.4, 0.5) is 5.69 Å². The SMILES string of the molecule is Cc1cc(C)c(S(=O)(=O)N2CCC(C(=O)NNc3ccccc3)CC2)c(C)c1. The molecular weight excluding hydrogens is 374 g/mol. The minimum Gasteiger partial charge on any atom is -0.299 e. The Bertz CT molecular complexity index is 927. The lowest BCUT2D eigenvalue weighted by molar-refractivity contribution is -0.125. The summed E-state index contributed by atoms with van der Waals surface area (Å²) in [6, 6.07) is 13.2. The number of hydrogen-bond acceptors (Lipinski definition) is 4. The van der Waals surface area contributed by atoms with E-state index in [2.05, 4.69) is 10.9 Å². The van der Waals surface area contributed by atoms with Crippen molar-refractivity contribution in [3.63, 3.8) is 0 Å². The predicted octanol–water partition coefficient (Wildman–Crippen LogP) is 3.16. The van der Waals surface area contributed by atoms with E-state index in [-0.39, 0.29) is 11.8 Å². The van der Waals surface area contributed by atoms with Gasteiger partial charge < -0.3 is 0 Å². The number of carbonyl (C=O) groups excluding carboxylic acids is 1. The van der Waals surface area contributed by atoms with Gasteiger partial charge in [-0.2, -0.15) is 4.31 Å². The fourth-order valence-electron chi connectivity index (χ4n) is 3.82. The van der Waals surface area contributed by atoms with Crippen molar-refractivity contribution in [1.29, 1.82) is 0 Å². The number of nitrogens with zero attached hydrogens (tertiary/aromatic N) is 1. The standard InChI is InChI=1S/C21H27N3O3S/c1-15-13-16(2)20(17(3)14-15)28(26,27)24-11-9-18(10-12-24)21(25)23-22-19-7-5-4-6-8-19/h4-8,13-14,18,22H,9-12H2,1-3H3,(H,23,25). The number of anilines is 1. The lowest BCUT2D eigenvalue weighted by Crippen LogP contribution is -2.44. The molecule has 1 amide bonds. The number of hydrogen-bond donors (Lipinski definition) is 2. The van der Waals surface area contributed by atoms with Crippen molar-refractivity contribution < 1.29 is 13.2 Å². The monoisotopic (exact) mass is 401 g/mol. The highest BCUT2D eigenvalue weighted by molar-refractivity contribution is 7.89. The summed E-state index contributed by atoms with van der Waals surface area (Å²) in [5.41, 5.74) is 9.01. The fourth-order valence-corrected chi connectivity index (χ4v) is 5.70. The highest BCUT2D eigenvalue weighted by Gasteiger charge is 2.33. The van der Waals surface area contributed by atoms with Gasteiger partial charge in [0, 0.05) is 19.0 Å². The van der Waals surface area contributed by atoms with Gasteiger partial charge in [0.25, 0.3) is 0 Å². The minimum atomic E-state index is -3.56. The van der Waals surface area contributed by atoms with Crippen LogP contribution < -0.4 is 10.9 Å². The van der Waals surface area contributed by atoms with E-state index in [4.69, 9.17) is 0 Å². The van der Waals surface area contributed by atoms with Crippen LogP contribution in [-0.4, -0.2) is 31.7 Å². The van der Waals surface area contributed by atoms with Crippen LogP contribution in [0.3, 0.4) is 0 Å². The Morgan fingerprint density at radius 1 is 1.00 bits per heavy atom. The van der Waals surface area contributed by atoms with Crippen LogP contribution in [0.2, 0.25) is 0 Å². The smallest absolute Gasteiger partial charge is 0.243 e. The molecule has 3 rings (SSSR count).